The molecule has 1 aliphatic heterocycles. The molecule has 30 heavy (non-hydrogen) atoms. The number of sulfone groups is 1. The van der Waals surface area contributed by atoms with E-state index in [0.717, 1.165) is 20.9 Å². The van der Waals surface area contributed by atoms with Crippen LogP contribution >= 0.6 is 22.9 Å². The third-order valence-corrected chi connectivity index (χ3v) is 8.68. The van der Waals surface area contributed by atoms with E-state index in [1.54, 1.807) is 41.4 Å². The van der Waals surface area contributed by atoms with E-state index >= 15 is 0 Å². The number of nitrogens with zero attached hydrogens (tertiary/aromatic N) is 3. The minimum Gasteiger partial charge on any atom is -0.345 e. The van der Waals surface area contributed by atoms with Crippen LogP contribution in [0, 0.1) is 6.92 Å². The second kappa shape index (κ2) is 8.17. The number of aromatic nitrogens is 1. The zero-order valence-electron chi connectivity index (χ0n) is 16.8. The highest BCUT2D eigenvalue weighted by atomic mass is 35.5. The summed E-state index contributed by atoms with van der Waals surface area (Å²) in [7, 11) is -3.47. The lowest BCUT2D eigenvalue weighted by atomic mass is 10.2. The zero-order valence-corrected chi connectivity index (χ0v) is 19.1. The maximum Gasteiger partial charge on any atom is 0.255 e. The van der Waals surface area contributed by atoms with Crippen LogP contribution < -0.4 is 4.90 Å². The monoisotopic (exact) mass is 463 g/mol. The molecule has 1 aliphatic rings. The molecular weight excluding hydrogens is 442 g/mol. The molecule has 0 atom stereocenters. The highest BCUT2D eigenvalue weighted by Crippen LogP contribution is 2.34. The van der Waals surface area contributed by atoms with Crippen LogP contribution in [0.25, 0.3) is 10.2 Å². The first-order valence-electron chi connectivity index (χ1n) is 9.73. The van der Waals surface area contributed by atoms with Crippen molar-refractivity contribution in [2.75, 3.05) is 36.8 Å². The Kier molecular flexibility index (Phi) is 5.74. The second-order valence-electron chi connectivity index (χ2n) is 7.19. The van der Waals surface area contributed by atoms with Gasteiger partial charge in [-0.15, -0.1) is 0 Å². The van der Waals surface area contributed by atoms with Gasteiger partial charge in [-0.05, 0) is 36.8 Å². The van der Waals surface area contributed by atoms with Crippen molar-refractivity contribution >= 4 is 54.0 Å². The molecule has 1 fully saturated rings. The lowest BCUT2D eigenvalue weighted by Crippen LogP contribution is -2.49. The molecule has 0 saturated carbocycles. The lowest BCUT2D eigenvalue weighted by Gasteiger charge is -2.34. The summed E-state index contributed by atoms with van der Waals surface area (Å²) in [6.45, 7) is 5.85. The molecule has 3 aromatic rings. The quantitative estimate of drug-likeness (QED) is 0.584. The summed E-state index contributed by atoms with van der Waals surface area (Å²) in [5.74, 6) is -0.277. The van der Waals surface area contributed by atoms with Crippen LogP contribution in [-0.4, -0.2) is 56.1 Å². The van der Waals surface area contributed by atoms with Crippen molar-refractivity contribution in [1.29, 1.82) is 0 Å². The van der Waals surface area contributed by atoms with Crippen LogP contribution in [0.3, 0.4) is 0 Å². The summed E-state index contributed by atoms with van der Waals surface area (Å²) in [6, 6.07) is 10.3. The maximum atomic E-state index is 13.1. The fraction of sp³-hybridized carbons (Fsp3) is 0.333. The molecule has 158 valence electrons. The molecular formula is C21H22ClN3O3S2. The standard InChI is InChI=1S/C21H22ClN3O3S2/c1-3-30(27,28)18-7-5-4-6-15(18)20(26)24-10-12-25(13-11-24)21-23-19-14(2)16(22)8-9-17(19)29-21/h4-9H,3,10-13H2,1-2H3. The summed E-state index contributed by atoms with van der Waals surface area (Å²) < 4.78 is 25.9. The van der Waals surface area contributed by atoms with Gasteiger partial charge >= 0.3 is 0 Å². The summed E-state index contributed by atoms with van der Waals surface area (Å²) in [6.07, 6.45) is 0. The molecule has 0 radical (unpaired) electrons. The molecule has 1 saturated heterocycles. The Morgan fingerprint density at radius 2 is 1.83 bits per heavy atom. The van der Waals surface area contributed by atoms with Crippen molar-refractivity contribution in [3.63, 3.8) is 0 Å². The first-order chi connectivity index (χ1) is 14.3. The number of benzene rings is 2. The molecule has 9 heteroatoms. The Balaban J connectivity index is 1.52. The molecule has 1 aromatic heterocycles. The van der Waals surface area contributed by atoms with E-state index in [9.17, 15) is 13.2 Å². The number of thiazole rings is 1. The largest absolute Gasteiger partial charge is 0.345 e. The number of anilines is 1. The van der Waals surface area contributed by atoms with Crippen LogP contribution in [0.5, 0.6) is 0 Å². The normalized spacial score (nSPS) is 15.0. The van der Waals surface area contributed by atoms with E-state index in [0.29, 0.717) is 31.2 Å². The zero-order chi connectivity index (χ0) is 21.5. The van der Waals surface area contributed by atoms with Gasteiger partial charge in [0.25, 0.3) is 5.91 Å². The number of piperazine rings is 1. The number of carbonyl (C=O) groups excluding carboxylic acids is 1. The minimum absolute atomic E-state index is 0.0356. The van der Waals surface area contributed by atoms with Gasteiger partial charge < -0.3 is 9.80 Å². The van der Waals surface area contributed by atoms with Crippen LogP contribution in [0.15, 0.2) is 41.3 Å². The summed E-state index contributed by atoms with van der Waals surface area (Å²) in [5, 5.41) is 1.62. The average Bonchev–Trinajstić information content (AvgIpc) is 3.21. The van der Waals surface area contributed by atoms with Crippen molar-refractivity contribution < 1.29 is 13.2 Å². The number of amides is 1. The fourth-order valence-corrected chi connectivity index (χ4v) is 5.88. The van der Waals surface area contributed by atoms with E-state index in [2.05, 4.69) is 4.90 Å². The molecule has 0 N–H and O–H groups in total. The summed E-state index contributed by atoms with van der Waals surface area (Å²) in [5.41, 5.74) is 2.14. The Morgan fingerprint density at radius 1 is 1.13 bits per heavy atom. The maximum absolute atomic E-state index is 13.1. The van der Waals surface area contributed by atoms with E-state index in [4.69, 9.17) is 16.6 Å². The number of hydrogen-bond acceptors (Lipinski definition) is 6. The smallest absolute Gasteiger partial charge is 0.255 e. The molecule has 0 aliphatic carbocycles. The lowest BCUT2D eigenvalue weighted by molar-refractivity contribution is 0.0743. The Morgan fingerprint density at radius 3 is 2.53 bits per heavy atom. The topological polar surface area (TPSA) is 70.6 Å². The van der Waals surface area contributed by atoms with Crippen LogP contribution in [-0.2, 0) is 9.84 Å². The SMILES string of the molecule is CCS(=O)(=O)c1ccccc1C(=O)N1CCN(c2nc3c(C)c(Cl)ccc3s2)CC1. The molecule has 4 rings (SSSR count). The van der Waals surface area contributed by atoms with Gasteiger partial charge in [-0.25, -0.2) is 13.4 Å². The fourth-order valence-electron chi connectivity index (χ4n) is 3.57. The van der Waals surface area contributed by atoms with Crippen LogP contribution in [0.1, 0.15) is 22.8 Å². The third-order valence-electron chi connectivity index (χ3n) is 5.41. The number of rotatable bonds is 4. The van der Waals surface area contributed by atoms with Crippen molar-refractivity contribution in [2.24, 2.45) is 0 Å². The van der Waals surface area contributed by atoms with Crippen molar-refractivity contribution in [1.82, 2.24) is 9.88 Å². The summed E-state index contributed by atoms with van der Waals surface area (Å²) in [4.78, 5) is 21.8. The van der Waals surface area contributed by atoms with Gasteiger partial charge in [0.1, 0.15) is 0 Å². The Hall–Kier alpha value is -2.16. The molecule has 0 unspecified atom stereocenters. The first-order valence-corrected chi connectivity index (χ1v) is 12.6. The van der Waals surface area contributed by atoms with E-state index < -0.39 is 9.84 Å². The van der Waals surface area contributed by atoms with Gasteiger partial charge in [0.2, 0.25) is 0 Å². The van der Waals surface area contributed by atoms with Gasteiger partial charge in [0, 0.05) is 31.2 Å². The van der Waals surface area contributed by atoms with Gasteiger partial charge in [-0.2, -0.15) is 0 Å². The second-order valence-corrected chi connectivity index (χ2v) is 10.9. The number of hydrogen-bond donors (Lipinski definition) is 0. The van der Waals surface area contributed by atoms with Gasteiger partial charge in [-0.1, -0.05) is 42.0 Å². The number of halogens is 1. The predicted octanol–water partition coefficient (Wildman–Crippen LogP) is 4.01. The van der Waals surface area contributed by atoms with E-state index in [-0.39, 0.29) is 22.1 Å². The van der Waals surface area contributed by atoms with Gasteiger partial charge in [0.15, 0.2) is 15.0 Å². The molecule has 2 heterocycles. The van der Waals surface area contributed by atoms with Gasteiger partial charge in [0.05, 0.1) is 26.4 Å². The van der Waals surface area contributed by atoms with E-state index in [1.807, 2.05) is 19.1 Å². The molecule has 2 aromatic carbocycles. The van der Waals surface area contributed by atoms with Crippen molar-refractivity contribution in [3.8, 4) is 0 Å². The first kappa shape index (κ1) is 21.1. The Labute approximate surface area is 185 Å². The van der Waals surface area contributed by atoms with Crippen LogP contribution in [0.2, 0.25) is 5.02 Å². The summed E-state index contributed by atoms with van der Waals surface area (Å²) >= 11 is 7.83. The third kappa shape index (κ3) is 3.79. The highest BCUT2D eigenvalue weighted by molar-refractivity contribution is 7.91. The highest BCUT2D eigenvalue weighted by Gasteiger charge is 2.28. The average molecular weight is 464 g/mol. The number of aryl methyl sites for hydroxylation is 1. The number of fused-ring (bicyclic) bond motifs is 1. The Bertz CT molecular complexity index is 1220. The molecule has 0 bridgehead atoms. The molecule has 1 amide bonds. The minimum atomic E-state index is -3.47. The van der Waals surface area contributed by atoms with Crippen molar-refractivity contribution in [2.45, 2.75) is 18.7 Å². The predicted molar refractivity (Wildman–Crippen MR) is 122 cm³/mol. The van der Waals surface area contributed by atoms with Gasteiger partial charge in [-0.3, -0.25) is 4.79 Å². The van der Waals surface area contributed by atoms with E-state index in [1.165, 1.54) is 6.07 Å². The number of carbonyl (C=O) groups is 1. The molecule has 6 nitrogen and oxygen atoms in total. The van der Waals surface area contributed by atoms with Crippen LogP contribution in [0.4, 0.5) is 5.13 Å². The molecule has 0 spiro atoms. The van der Waals surface area contributed by atoms with Crippen molar-refractivity contribution in [3.05, 3.63) is 52.5 Å².